The van der Waals surface area contributed by atoms with Crippen LogP contribution in [-0.2, 0) is 4.79 Å². The normalized spacial score (nSPS) is 11.9. The molecule has 3 aromatic rings. The van der Waals surface area contributed by atoms with Crippen molar-refractivity contribution in [2.24, 2.45) is 0 Å². The van der Waals surface area contributed by atoms with Gasteiger partial charge in [-0.2, -0.15) is 0 Å². The molecule has 0 aliphatic rings. The molecule has 2 N–H and O–H groups in total. The van der Waals surface area contributed by atoms with Crippen LogP contribution in [0.25, 0.3) is 10.6 Å². The minimum absolute atomic E-state index is 0.0165. The van der Waals surface area contributed by atoms with Crippen LogP contribution < -0.4 is 5.32 Å². The van der Waals surface area contributed by atoms with Gasteiger partial charge in [0.2, 0.25) is 5.91 Å². The van der Waals surface area contributed by atoms with Gasteiger partial charge in [-0.05, 0) is 5.56 Å². The first kappa shape index (κ1) is 15.4. The summed E-state index contributed by atoms with van der Waals surface area (Å²) in [5, 5.41) is 14.4. The van der Waals surface area contributed by atoms with Crippen molar-refractivity contribution in [1.82, 2.24) is 4.98 Å². The summed E-state index contributed by atoms with van der Waals surface area (Å²) < 4.78 is 0. The molecule has 1 aromatic heterocycles. The van der Waals surface area contributed by atoms with E-state index >= 15 is 0 Å². The zero-order valence-electron chi connectivity index (χ0n) is 12.3. The Hall–Kier alpha value is -2.50. The molecule has 0 aliphatic heterocycles. The summed E-state index contributed by atoms with van der Waals surface area (Å²) in [4.78, 5) is 16.4. The van der Waals surface area contributed by atoms with Crippen molar-refractivity contribution in [1.29, 1.82) is 0 Å². The highest BCUT2D eigenvalue weighted by Gasteiger charge is 2.14. The molecule has 2 aromatic carbocycles. The molecule has 0 bridgehead atoms. The SMILES string of the molecule is O=C(CC(O)c1ccccc1)Nc1cnc(-c2ccccc2)s1. The monoisotopic (exact) mass is 324 g/mol. The van der Waals surface area contributed by atoms with Gasteiger partial charge >= 0.3 is 0 Å². The van der Waals surface area contributed by atoms with E-state index in [-0.39, 0.29) is 12.3 Å². The Morgan fingerprint density at radius 2 is 1.74 bits per heavy atom. The van der Waals surface area contributed by atoms with Crippen molar-refractivity contribution in [2.45, 2.75) is 12.5 Å². The molecule has 1 unspecified atom stereocenters. The average Bonchev–Trinajstić information content (AvgIpc) is 3.04. The number of nitrogens with zero attached hydrogens (tertiary/aromatic N) is 1. The molecule has 5 heteroatoms. The summed E-state index contributed by atoms with van der Waals surface area (Å²) in [7, 11) is 0. The highest BCUT2D eigenvalue weighted by molar-refractivity contribution is 7.19. The smallest absolute Gasteiger partial charge is 0.227 e. The van der Waals surface area contributed by atoms with E-state index in [2.05, 4.69) is 10.3 Å². The second kappa shape index (κ2) is 7.17. The third kappa shape index (κ3) is 4.03. The number of anilines is 1. The third-order valence-electron chi connectivity index (χ3n) is 3.35. The van der Waals surface area contributed by atoms with Crippen molar-refractivity contribution < 1.29 is 9.90 Å². The largest absolute Gasteiger partial charge is 0.388 e. The van der Waals surface area contributed by atoms with Gasteiger partial charge in [-0.1, -0.05) is 72.0 Å². The van der Waals surface area contributed by atoms with E-state index in [9.17, 15) is 9.90 Å². The topological polar surface area (TPSA) is 62.2 Å². The first-order chi connectivity index (χ1) is 11.2. The predicted octanol–water partition coefficient (Wildman–Crippen LogP) is 3.87. The zero-order chi connectivity index (χ0) is 16.1. The maximum atomic E-state index is 12.0. The maximum Gasteiger partial charge on any atom is 0.227 e. The fourth-order valence-corrected chi connectivity index (χ4v) is 3.04. The summed E-state index contributed by atoms with van der Waals surface area (Å²) in [6.45, 7) is 0. The van der Waals surface area contributed by atoms with Gasteiger partial charge in [-0.3, -0.25) is 4.79 Å². The van der Waals surface area contributed by atoms with E-state index in [4.69, 9.17) is 0 Å². The van der Waals surface area contributed by atoms with E-state index in [0.29, 0.717) is 5.00 Å². The molecule has 0 aliphatic carbocycles. The molecule has 3 rings (SSSR count). The standard InChI is InChI=1S/C18H16N2O2S/c21-15(13-7-3-1-4-8-13)11-16(22)20-17-12-19-18(23-17)14-9-5-2-6-10-14/h1-10,12,15,21H,11H2,(H,20,22). The van der Waals surface area contributed by atoms with Crippen molar-refractivity contribution >= 4 is 22.2 Å². The van der Waals surface area contributed by atoms with Gasteiger partial charge in [0.1, 0.15) is 10.0 Å². The van der Waals surface area contributed by atoms with E-state index < -0.39 is 6.10 Å². The molecule has 0 saturated carbocycles. The number of thiazole rings is 1. The van der Waals surface area contributed by atoms with Crippen LogP contribution in [-0.4, -0.2) is 16.0 Å². The molecular weight excluding hydrogens is 308 g/mol. The van der Waals surface area contributed by atoms with Crippen LogP contribution in [0.4, 0.5) is 5.00 Å². The highest BCUT2D eigenvalue weighted by Crippen LogP contribution is 2.28. The van der Waals surface area contributed by atoms with Crippen LogP contribution in [0.5, 0.6) is 0 Å². The number of carbonyl (C=O) groups excluding carboxylic acids is 1. The van der Waals surface area contributed by atoms with Gasteiger partial charge in [-0.25, -0.2) is 4.98 Å². The quantitative estimate of drug-likeness (QED) is 0.749. The summed E-state index contributed by atoms with van der Waals surface area (Å²) >= 11 is 1.41. The molecule has 116 valence electrons. The fourth-order valence-electron chi connectivity index (χ4n) is 2.20. The molecule has 0 fully saturated rings. The van der Waals surface area contributed by atoms with E-state index in [1.807, 2.05) is 48.5 Å². The van der Waals surface area contributed by atoms with E-state index in [1.54, 1.807) is 18.3 Å². The minimum atomic E-state index is -0.808. The predicted molar refractivity (Wildman–Crippen MR) is 92.2 cm³/mol. The number of benzene rings is 2. The maximum absolute atomic E-state index is 12.0. The fraction of sp³-hybridized carbons (Fsp3) is 0.111. The van der Waals surface area contributed by atoms with Crippen LogP contribution in [0, 0.1) is 0 Å². The number of rotatable bonds is 5. The van der Waals surface area contributed by atoms with Crippen molar-refractivity contribution in [3.63, 3.8) is 0 Å². The van der Waals surface area contributed by atoms with Gasteiger partial charge in [-0.15, -0.1) is 0 Å². The second-order valence-corrected chi connectivity index (χ2v) is 6.11. The Kier molecular flexibility index (Phi) is 4.80. The van der Waals surface area contributed by atoms with Crippen molar-refractivity contribution in [3.8, 4) is 10.6 Å². The van der Waals surface area contributed by atoms with Crippen LogP contribution in [0.2, 0.25) is 0 Å². The van der Waals surface area contributed by atoms with Gasteiger partial charge in [0.05, 0.1) is 18.7 Å². The van der Waals surface area contributed by atoms with Crippen LogP contribution >= 0.6 is 11.3 Å². The molecule has 0 saturated heterocycles. The number of hydrogen-bond acceptors (Lipinski definition) is 4. The lowest BCUT2D eigenvalue weighted by atomic mass is 10.1. The summed E-state index contributed by atoms with van der Waals surface area (Å²) in [6, 6.07) is 19.0. The average molecular weight is 324 g/mol. The Morgan fingerprint density at radius 1 is 1.09 bits per heavy atom. The van der Waals surface area contributed by atoms with Crippen LogP contribution in [0.1, 0.15) is 18.1 Å². The number of aliphatic hydroxyl groups excluding tert-OH is 1. The second-order valence-electron chi connectivity index (χ2n) is 5.07. The van der Waals surface area contributed by atoms with Crippen LogP contribution in [0.15, 0.2) is 66.9 Å². The van der Waals surface area contributed by atoms with Crippen molar-refractivity contribution in [2.75, 3.05) is 5.32 Å². The van der Waals surface area contributed by atoms with Crippen LogP contribution in [0.3, 0.4) is 0 Å². The lowest BCUT2D eigenvalue weighted by Gasteiger charge is -2.10. The zero-order valence-corrected chi connectivity index (χ0v) is 13.2. The van der Waals surface area contributed by atoms with E-state index in [0.717, 1.165) is 16.1 Å². The lowest BCUT2D eigenvalue weighted by molar-refractivity contribution is -0.118. The lowest BCUT2D eigenvalue weighted by Crippen LogP contribution is -2.14. The molecule has 0 radical (unpaired) electrons. The first-order valence-corrected chi connectivity index (χ1v) is 8.08. The molecular formula is C18H16N2O2S. The highest BCUT2D eigenvalue weighted by atomic mass is 32.1. The minimum Gasteiger partial charge on any atom is -0.388 e. The third-order valence-corrected chi connectivity index (χ3v) is 4.31. The van der Waals surface area contributed by atoms with E-state index in [1.165, 1.54) is 11.3 Å². The number of aromatic nitrogens is 1. The first-order valence-electron chi connectivity index (χ1n) is 7.26. The number of carbonyl (C=O) groups is 1. The van der Waals surface area contributed by atoms with Gasteiger partial charge in [0, 0.05) is 5.56 Å². The van der Waals surface area contributed by atoms with Gasteiger partial charge in [0.15, 0.2) is 0 Å². The molecule has 0 spiro atoms. The number of aliphatic hydroxyl groups is 1. The van der Waals surface area contributed by atoms with Gasteiger partial charge in [0.25, 0.3) is 0 Å². The number of hydrogen-bond donors (Lipinski definition) is 2. The summed E-state index contributed by atoms with van der Waals surface area (Å²) in [6.07, 6.45) is 0.847. The molecule has 1 amide bonds. The molecule has 23 heavy (non-hydrogen) atoms. The Balaban J connectivity index is 1.61. The molecule has 1 atom stereocenters. The van der Waals surface area contributed by atoms with Crippen molar-refractivity contribution in [3.05, 3.63) is 72.4 Å². The Labute approximate surface area is 138 Å². The summed E-state index contributed by atoms with van der Waals surface area (Å²) in [5.41, 5.74) is 1.75. The van der Waals surface area contributed by atoms with Gasteiger partial charge < -0.3 is 10.4 Å². The Morgan fingerprint density at radius 3 is 2.43 bits per heavy atom. The number of amides is 1. The summed E-state index contributed by atoms with van der Waals surface area (Å²) in [5.74, 6) is -0.232. The Bertz CT molecular complexity index is 772. The molecule has 4 nitrogen and oxygen atoms in total. The number of nitrogens with one attached hydrogen (secondary N) is 1. The molecule has 1 heterocycles.